The summed E-state index contributed by atoms with van der Waals surface area (Å²) in [5.74, 6) is 1.42. The number of hydrogen-bond donors (Lipinski definition) is 1. The van der Waals surface area contributed by atoms with Crippen molar-refractivity contribution >= 4 is 22.7 Å². The van der Waals surface area contributed by atoms with Crippen LogP contribution in [0.3, 0.4) is 0 Å². The Balaban J connectivity index is 1.73. The summed E-state index contributed by atoms with van der Waals surface area (Å²) < 4.78 is 13.1. The van der Waals surface area contributed by atoms with E-state index in [1.165, 1.54) is 0 Å². The molecule has 1 aliphatic heterocycles. The maximum atomic E-state index is 13.9. The fourth-order valence-corrected chi connectivity index (χ4v) is 4.69. The number of ether oxygens (including phenoxy) is 2. The first kappa shape index (κ1) is 24.6. The molecule has 0 aliphatic carbocycles. The third-order valence-electron chi connectivity index (χ3n) is 6.70. The molecule has 2 heterocycles. The number of rotatable bonds is 9. The van der Waals surface area contributed by atoms with Gasteiger partial charge in [-0.25, -0.2) is 0 Å². The van der Waals surface area contributed by atoms with Gasteiger partial charge in [0.25, 0.3) is 5.91 Å². The lowest BCUT2D eigenvalue weighted by Crippen LogP contribution is -2.63. The molecular weight excluding hydrogens is 442 g/mol. The summed E-state index contributed by atoms with van der Waals surface area (Å²) in [6, 6.07) is 15.5. The Morgan fingerprint density at radius 3 is 2.63 bits per heavy atom. The Kier molecular flexibility index (Phi) is 7.05. The molecule has 7 heteroatoms. The molecule has 0 bridgehead atoms. The number of para-hydroxylation sites is 1. The molecule has 2 aromatic carbocycles. The Morgan fingerprint density at radius 2 is 1.91 bits per heavy atom. The van der Waals surface area contributed by atoms with Crippen molar-refractivity contribution in [1.29, 1.82) is 0 Å². The van der Waals surface area contributed by atoms with E-state index in [1.54, 1.807) is 12.0 Å². The van der Waals surface area contributed by atoms with Gasteiger partial charge in [-0.2, -0.15) is 0 Å². The number of nitrogens with one attached hydrogen (secondary N) is 1. The summed E-state index contributed by atoms with van der Waals surface area (Å²) in [5, 5.41) is 4.08. The van der Waals surface area contributed by atoms with Crippen LogP contribution in [-0.4, -0.2) is 47.1 Å². The van der Waals surface area contributed by atoms with E-state index in [0.29, 0.717) is 42.8 Å². The largest absolute Gasteiger partial charge is 0.493 e. The molecule has 2 amide bonds. The van der Waals surface area contributed by atoms with Crippen LogP contribution in [-0.2, 0) is 17.9 Å². The first-order valence-electron chi connectivity index (χ1n) is 12.3. The summed E-state index contributed by atoms with van der Waals surface area (Å²) in [4.78, 5) is 29.2. The Morgan fingerprint density at radius 1 is 1.14 bits per heavy atom. The van der Waals surface area contributed by atoms with E-state index in [-0.39, 0.29) is 18.4 Å². The molecule has 0 saturated carbocycles. The van der Waals surface area contributed by atoms with Crippen LogP contribution in [0.1, 0.15) is 50.2 Å². The lowest BCUT2D eigenvalue weighted by Gasteiger charge is -2.44. The van der Waals surface area contributed by atoms with Gasteiger partial charge in [0, 0.05) is 24.0 Å². The van der Waals surface area contributed by atoms with Gasteiger partial charge in [-0.05, 0) is 56.0 Å². The van der Waals surface area contributed by atoms with Gasteiger partial charge < -0.3 is 24.3 Å². The smallest absolute Gasteiger partial charge is 0.271 e. The van der Waals surface area contributed by atoms with Crippen molar-refractivity contribution in [2.75, 3.05) is 20.3 Å². The minimum atomic E-state index is -1.06. The molecular formula is C28H35N3O4. The third-order valence-corrected chi connectivity index (χ3v) is 6.70. The van der Waals surface area contributed by atoms with Crippen LogP contribution in [0, 0.1) is 5.92 Å². The SMILES string of the molecule is CCOc1ccc(CN2C(=O)c3cc4ccccc4n3C[C@@]2(C)C(=O)NCCC(C)C)cc1OC. The summed E-state index contributed by atoms with van der Waals surface area (Å²) in [7, 11) is 1.60. The van der Waals surface area contributed by atoms with Gasteiger partial charge in [0.2, 0.25) is 5.91 Å². The number of methoxy groups -OCH3 is 1. The molecule has 0 unspecified atom stereocenters. The third kappa shape index (κ3) is 4.72. The molecule has 3 aromatic rings. The second-order valence-corrected chi connectivity index (χ2v) is 9.70. The van der Waals surface area contributed by atoms with E-state index in [4.69, 9.17) is 9.47 Å². The zero-order chi connectivity index (χ0) is 25.2. The molecule has 0 fully saturated rings. The van der Waals surface area contributed by atoms with Crippen LogP contribution in [0.25, 0.3) is 10.9 Å². The number of carbonyl (C=O) groups excluding carboxylic acids is 2. The van der Waals surface area contributed by atoms with Crippen LogP contribution >= 0.6 is 0 Å². The maximum Gasteiger partial charge on any atom is 0.271 e. The Labute approximate surface area is 207 Å². The maximum absolute atomic E-state index is 13.9. The highest BCUT2D eigenvalue weighted by molar-refractivity contribution is 6.03. The molecule has 1 aliphatic rings. The fraction of sp³-hybridized carbons (Fsp3) is 0.429. The number of fused-ring (bicyclic) bond motifs is 3. The van der Waals surface area contributed by atoms with E-state index in [1.807, 2.05) is 66.9 Å². The number of hydrogen-bond acceptors (Lipinski definition) is 4. The van der Waals surface area contributed by atoms with Crippen molar-refractivity contribution in [2.45, 2.75) is 52.7 Å². The Bertz CT molecular complexity index is 1230. The van der Waals surface area contributed by atoms with Gasteiger partial charge in [-0.15, -0.1) is 0 Å². The molecule has 1 N–H and O–H groups in total. The zero-order valence-corrected chi connectivity index (χ0v) is 21.3. The molecule has 0 saturated heterocycles. The summed E-state index contributed by atoms with van der Waals surface area (Å²) in [6.07, 6.45) is 0.879. The molecule has 4 rings (SSSR count). The second kappa shape index (κ2) is 10.0. The predicted molar refractivity (Wildman–Crippen MR) is 137 cm³/mol. The molecule has 186 valence electrons. The minimum Gasteiger partial charge on any atom is -0.493 e. The monoisotopic (exact) mass is 477 g/mol. The van der Waals surface area contributed by atoms with Crippen LogP contribution < -0.4 is 14.8 Å². The van der Waals surface area contributed by atoms with E-state index in [9.17, 15) is 9.59 Å². The standard InChI is InChI=1S/C28H35N3O4/c1-6-35-24-12-11-20(15-25(24)34-5)17-31-26(32)23-16-21-9-7-8-10-22(21)30(23)18-28(31,4)27(33)29-14-13-19(2)3/h7-12,15-16,19H,6,13-14,17-18H2,1-5H3,(H,29,33)/t28-/m0/s1. The highest BCUT2D eigenvalue weighted by Gasteiger charge is 2.47. The highest BCUT2D eigenvalue weighted by atomic mass is 16.5. The highest BCUT2D eigenvalue weighted by Crippen LogP contribution is 2.35. The molecule has 35 heavy (non-hydrogen) atoms. The number of aromatic nitrogens is 1. The number of benzene rings is 2. The van der Waals surface area contributed by atoms with Gasteiger partial charge >= 0.3 is 0 Å². The average Bonchev–Trinajstić information content (AvgIpc) is 3.21. The van der Waals surface area contributed by atoms with E-state index < -0.39 is 5.54 Å². The normalized spacial score (nSPS) is 17.5. The van der Waals surface area contributed by atoms with Crippen molar-refractivity contribution in [3.8, 4) is 11.5 Å². The quantitative estimate of drug-likeness (QED) is 0.488. The van der Waals surface area contributed by atoms with Crippen molar-refractivity contribution < 1.29 is 19.1 Å². The molecule has 0 radical (unpaired) electrons. The zero-order valence-electron chi connectivity index (χ0n) is 21.3. The number of carbonyl (C=O) groups is 2. The molecule has 0 spiro atoms. The van der Waals surface area contributed by atoms with Crippen LogP contribution in [0.2, 0.25) is 0 Å². The summed E-state index contributed by atoms with van der Waals surface area (Å²) in [5.41, 5.74) is 1.36. The van der Waals surface area contributed by atoms with Crippen LogP contribution in [0.15, 0.2) is 48.5 Å². The van der Waals surface area contributed by atoms with E-state index in [2.05, 4.69) is 19.2 Å². The lowest BCUT2D eigenvalue weighted by atomic mass is 9.93. The Hall–Kier alpha value is -3.48. The average molecular weight is 478 g/mol. The number of amides is 2. The second-order valence-electron chi connectivity index (χ2n) is 9.70. The molecule has 7 nitrogen and oxygen atoms in total. The van der Waals surface area contributed by atoms with Gasteiger partial charge in [-0.3, -0.25) is 9.59 Å². The first-order chi connectivity index (χ1) is 16.8. The minimum absolute atomic E-state index is 0.146. The first-order valence-corrected chi connectivity index (χ1v) is 12.3. The topological polar surface area (TPSA) is 72.8 Å². The van der Waals surface area contributed by atoms with Gasteiger partial charge in [-0.1, -0.05) is 38.1 Å². The van der Waals surface area contributed by atoms with Crippen molar-refractivity contribution in [3.63, 3.8) is 0 Å². The fourth-order valence-electron chi connectivity index (χ4n) is 4.69. The van der Waals surface area contributed by atoms with Gasteiger partial charge in [0.1, 0.15) is 11.2 Å². The van der Waals surface area contributed by atoms with Gasteiger partial charge in [0.05, 0.1) is 20.3 Å². The summed E-state index contributed by atoms with van der Waals surface area (Å²) in [6.45, 7) is 9.79. The van der Waals surface area contributed by atoms with Crippen molar-refractivity contribution in [2.24, 2.45) is 5.92 Å². The van der Waals surface area contributed by atoms with Crippen molar-refractivity contribution in [1.82, 2.24) is 14.8 Å². The molecule has 1 aromatic heterocycles. The predicted octanol–water partition coefficient (Wildman–Crippen LogP) is 4.63. The molecule has 1 atom stereocenters. The van der Waals surface area contributed by atoms with E-state index >= 15 is 0 Å². The van der Waals surface area contributed by atoms with E-state index in [0.717, 1.165) is 22.9 Å². The summed E-state index contributed by atoms with van der Waals surface area (Å²) >= 11 is 0. The van der Waals surface area contributed by atoms with Crippen LogP contribution in [0.5, 0.6) is 11.5 Å². The lowest BCUT2D eigenvalue weighted by molar-refractivity contribution is -0.133. The van der Waals surface area contributed by atoms with Gasteiger partial charge in [0.15, 0.2) is 11.5 Å². The van der Waals surface area contributed by atoms with Crippen LogP contribution in [0.4, 0.5) is 0 Å². The number of nitrogens with zero attached hydrogens (tertiary/aromatic N) is 2. The van der Waals surface area contributed by atoms with Crippen molar-refractivity contribution in [3.05, 3.63) is 59.8 Å².